The van der Waals surface area contributed by atoms with Gasteiger partial charge in [-0.3, -0.25) is 25.3 Å². The molecule has 0 radical (unpaired) electrons. The molecule has 1 aliphatic heterocycles. The third-order valence-corrected chi connectivity index (χ3v) is 9.94. The molecule has 0 aromatic carbocycles. The van der Waals surface area contributed by atoms with Crippen molar-refractivity contribution in [2.75, 3.05) is 11.5 Å². The topological polar surface area (TPSA) is 102 Å². The number of rotatable bonds is 1. The van der Waals surface area contributed by atoms with Crippen molar-refractivity contribution in [3.63, 3.8) is 0 Å². The van der Waals surface area contributed by atoms with Gasteiger partial charge < -0.3 is 0 Å². The zero-order valence-electron chi connectivity index (χ0n) is 7.93. The predicted molar refractivity (Wildman–Crippen MR) is 50.4 cm³/mol. The minimum absolute atomic E-state index is 0.429. The van der Waals surface area contributed by atoms with Gasteiger partial charge >= 0.3 is 5.51 Å². The number of halogens is 3. The third kappa shape index (κ3) is 2.42. The van der Waals surface area contributed by atoms with Crippen LogP contribution in [0.4, 0.5) is 13.2 Å². The predicted octanol–water partition coefficient (Wildman–Crippen LogP) is -0.399. The van der Waals surface area contributed by atoms with Crippen molar-refractivity contribution in [1.82, 2.24) is 0 Å². The van der Waals surface area contributed by atoms with Gasteiger partial charge in [0, 0.05) is 11.5 Å². The van der Waals surface area contributed by atoms with E-state index in [2.05, 4.69) is 0 Å². The first kappa shape index (κ1) is 14.7. The Hall–Kier alpha value is -0.360. The van der Waals surface area contributed by atoms with E-state index in [1.54, 1.807) is 0 Å². The smallest absolute Gasteiger partial charge is 0.260 e. The average Bonchev–Trinajstić information content (AvgIpc) is 1.95. The zero-order valence-corrected chi connectivity index (χ0v) is 10.4. The van der Waals surface area contributed by atoms with E-state index in [-0.39, 0.29) is 0 Å². The summed E-state index contributed by atoms with van der Waals surface area (Å²) in [6.45, 7) is 0. The van der Waals surface area contributed by atoms with Crippen LogP contribution in [0, 0.1) is 3.91 Å². The highest BCUT2D eigenvalue weighted by Crippen LogP contribution is 2.40. The number of alkyl halides is 3. The van der Waals surface area contributed by atoms with Crippen LogP contribution >= 0.6 is 0 Å². The van der Waals surface area contributed by atoms with Crippen molar-refractivity contribution in [2.45, 2.75) is 11.9 Å². The molecule has 0 aromatic rings. The van der Waals surface area contributed by atoms with Crippen molar-refractivity contribution in [1.29, 1.82) is 0 Å². The molecule has 0 aromatic heterocycles. The maximum Gasteiger partial charge on any atom is 0.470 e. The lowest BCUT2D eigenvalue weighted by Crippen LogP contribution is -2.43. The van der Waals surface area contributed by atoms with Crippen molar-refractivity contribution < 1.29 is 38.4 Å². The van der Waals surface area contributed by atoms with Gasteiger partial charge in [-0.15, -0.1) is 0 Å². The molecule has 17 heavy (non-hydrogen) atoms. The highest BCUT2D eigenvalue weighted by molar-refractivity contribution is 8.29. The fraction of sp³-hybridized carbons (Fsp3) is 0.800. The summed E-state index contributed by atoms with van der Waals surface area (Å²) in [6.07, 6.45) is -0.429. The molecule has 0 amide bonds. The van der Waals surface area contributed by atoms with Crippen LogP contribution in [0.15, 0.2) is 0 Å². The largest absolute Gasteiger partial charge is 0.470 e. The number of sulfone groups is 3. The van der Waals surface area contributed by atoms with Crippen LogP contribution in [-0.2, 0) is 29.5 Å². The molecule has 1 fully saturated rings. The van der Waals surface area contributed by atoms with E-state index in [9.17, 15) is 38.4 Å². The molecule has 0 spiro atoms. The SMILES string of the molecule is O=S1(=O)CCCS(=O)(=O)[C-]1S(=O)(=O)C(F)(F)F. The second-order valence-electron chi connectivity index (χ2n) is 3.19. The number of hydrogen-bond donors (Lipinski definition) is 0. The molecule has 0 N–H and O–H groups in total. The standard InChI is InChI=1S/C5H6F3O6S3/c6-5(7,8)17(13,14)4-15(9,10)2-1-3-16(4,11)12/h1-3H2/q-1. The average molecular weight is 315 g/mol. The van der Waals surface area contributed by atoms with E-state index in [1.807, 2.05) is 0 Å². The first-order chi connectivity index (χ1) is 7.32. The summed E-state index contributed by atoms with van der Waals surface area (Å²) in [5, 5.41) is 0. The Bertz CT molecular complexity index is 576. The summed E-state index contributed by atoms with van der Waals surface area (Å²) < 4.78 is 101. The lowest BCUT2D eigenvalue weighted by Gasteiger charge is -2.33. The summed E-state index contributed by atoms with van der Waals surface area (Å²) in [6, 6.07) is 0. The van der Waals surface area contributed by atoms with Crippen LogP contribution in [0.2, 0.25) is 0 Å². The summed E-state index contributed by atoms with van der Waals surface area (Å²) >= 11 is 0. The maximum atomic E-state index is 12.2. The highest BCUT2D eigenvalue weighted by atomic mass is 32.3. The Kier molecular flexibility index (Phi) is 3.30. The van der Waals surface area contributed by atoms with Crippen molar-refractivity contribution in [3.05, 3.63) is 3.91 Å². The quantitative estimate of drug-likeness (QED) is 0.610. The molecule has 1 aliphatic rings. The van der Waals surface area contributed by atoms with Crippen LogP contribution < -0.4 is 0 Å². The minimum atomic E-state index is -6.37. The Morgan fingerprint density at radius 2 is 1.29 bits per heavy atom. The van der Waals surface area contributed by atoms with E-state index < -0.39 is 56.9 Å². The van der Waals surface area contributed by atoms with E-state index >= 15 is 0 Å². The third-order valence-electron chi connectivity index (χ3n) is 1.86. The van der Waals surface area contributed by atoms with Crippen LogP contribution in [0.1, 0.15) is 6.42 Å². The van der Waals surface area contributed by atoms with Crippen LogP contribution in [0.3, 0.4) is 0 Å². The lowest BCUT2D eigenvalue weighted by atomic mass is 10.6. The fourth-order valence-corrected chi connectivity index (χ4v) is 8.77. The Labute approximate surface area is 95.6 Å². The minimum Gasteiger partial charge on any atom is -0.260 e. The van der Waals surface area contributed by atoms with E-state index in [0.29, 0.717) is 0 Å². The molecule has 0 aliphatic carbocycles. The normalized spacial score (nSPS) is 25.6. The summed E-state index contributed by atoms with van der Waals surface area (Å²) in [4.78, 5) is 0. The summed E-state index contributed by atoms with van der Waals surface area (Å²) in [7, 11) is -16.3. The van der Waals surface area contributed by atoms with Crippen molar-refractivity contribution in [2.24, 2.45) is 0 Å². The highest BCUT2D eigenvalue weighted by Gasteiger charge is 2.51. The Balaban J connectivity index is 3.57. The van der Waals surface area contributed by atoms with E-state index in [4.69, 9.17) is 0 Å². The molecule has 0 bridgehead atoms. The number of hydrogen-bond acceptors (Lipinski definition) is 6. The molecule has 0 atom stereocenters. The first-order valence-corrected chi connectivity index (χ1v) is 8.75. The van der Waals surface area contributed by atoms with Gasteiger partial charge in [-0.05, 0) is 6.42 Å². The van der Waals surface area contributed by atoms with Gasteiger partial charge in [0.15, 0.2) is 9.84 Å². The Morgan fingerprint density at radius 3 is 1.59 bits per heavy atom. The molecule has 0 saturated carbocycles. The molecule has 1 heterocycles. The molecular weight excluding hydrogens is 309 g/mol. The molecule has 12 heteroatoms. The molecular formula is C5H6F3O6S3-. The van der Waals surface area contributed by atoms with Gasteiger partial charge in [0.1, 0.15) is 0 Å². The molecule has 1 saturated heterocycles. The van der Waals surface area contributed by atoms with Crippen LogP contribution in [0.25, 0.3) is 0 Å². The van der Waals surface area contributed by atoms with Crippen LogP contribution in [-0.4, -0.2) is 42.3 Å². The van der Waals surface area contributed by atoms with Crippen molar-refractivity contribution >= 4 is 29.5 Å². The molecule has 0 unspecified atom stereocenters. The Morgan fingerprint density at radius 1 is 0.941 bits per heavy atom. The molecule has 102 valence electrons. The van der Waals surface area contributed by atoms with Gasteiger partial charge in [-0.2, -0.15) is 13.2 Å². The second kappa shape index (κ2) is 3.82. The second-order valence-corrected chi connectivity index (χ2v) is 9.94. The van der Waals surface area contributed by atoms with Crippen molar-refractivity contribution in [3.8, 4) is 0 Å². The van der Waals surface area contributed by atoms with Gasteiger partial charge in [0.25, 0.3) is 0 Å². The lowest BCUT2D eigenvalue weighted by molar-refractivity contribution is -0.0427. The van der Waals surface area contributed by atoms with Gasteiger partial charge in [0.05, 0.1) is 23.6 Å². The summed E-state index contributed by atoms with van der Waals surface area (Å²) in [5.41, 5.74) is -5.96. The van der Waals surface area contributed by atoms with Crippen LogP contribution in [0.5, 0.6) is 0 Å². The zero-order chi connectivity index (χ0) is 13.7. The molecule has 1 rings (SSSR count). The fourth-order valence-electron chi connectivity index (χ4n) is 1.23. The van der Waals surface area contributed by atoms with Gasteiger partial charge in [0.2, 0.25) is 0 Å². The molecule has 6 nitrogen and oxygen atoms in total. The van der Waals surface area contributed by atoms with Gasteiger partial charge in [-0.25, -0.2) is 0 Å². The van der Waals surface area contributed by atoms with Gasteiger partial charge in [-0.1, -0.05) is 0 Å². The summed E-state index contributed by atoms with van der Waals surface area (Å²) in [5.74, 6) is -1.87. The maximum absolute atomic E-state index is 12.2. The van der Waals surface area contributed by atoms with E-state index in [0.717, 1.165) is 0 Å². The monoisotopic (exact) mass is 315 g/mol. The first-order valence-electron chi connectivity index (χ1n) is 3.96. The van der Waals surface area contributed by atoms with E-state index in [1.165, 1.54) is 0 Å².